The lowest BCUT2D eigenvalue weighted by molar-refractivity contribution is -0.133. The molecule has 0 radical (unpaired) electrons. The van der Waals surface area contributed by atoms with Crippen molar-refractivity contribution in [2.45, 2.75) is 40.5 Å². The topological polar surface area (TPSA) is 40.5 Å². The zero-order chi connectivity index (χ0) is 11.2. The van der Waals surface area contributed by atoms with Gasteiger partial charge in [-0.15, -0.1) is 0 Å². The van der Waals surface area contributed by atoms with Gasteiger partial charge in [0.05, 0.1) is 6.61 Å². The van der Waals surface area contributed by atoms with Gasteiger partial charge in [0.15, 0.2) is 0 Å². The molecule has 0 saturated heterocycles. The smallest absolute Gasteiger partial charge is 0.223 e. The molecule has 0 aliphatic heterocycles. The van der Waals surface area contributed by atoms with Gasteiger partial charge in [0.25, 0.3) is 0 Å². The monoisotopic (exact) mass is 201 g/mol. The minimum atomic E-state index is 0.0263. The summed E-state index contributed by atoms with van der Waals surface area (Å²) in [7, 11) is 0. The van der Waals surface area contributed by atoms with Gasteiger partial charge in [-0.25, -0.2) is 0 Å². The van der Waals surface area contributed by atoms with Crippen molar-refractivity contribution in [3.05, 3.63) is 0 Å². The number of rotatable bonds is 5. The number of hydrogen-bond acceptors (Lipinski definition) is 2. The Morgan fingerprint density at radius 1 is 1.29 bits per heavy atom. The van der Waals surface area contributed by atoms with E-state index < -0.39 is 0 Å². The van der Waals surface area contributed by atoms with Crippen LogP contribution in [0.1, 0.15) is 40.5 Å². The van der Waals surface area contributed by atoms with Crippen LogP contribution in [0.5, 0.6) is 0 Å². The highest BCUT2D eigenvalue weighted by Gasteiger charge is 2.20. The van der Waals surface area contributed by atoms with Gasteiger partial charge >= 0.3 is 0 Å². The number of aliphatic hydroxyl groups excluding tert-OH is 1. The molecule has 3 nitrogen and oxygen atoms in total. The van der Waals surface area contributed by atoms with Crippen LogP contribution in [0.15, 0.2) is 0 Å². The summed E-state index contributed by atoms with van der Waals surface area (Å²) in [5.41, 5.74) is 0.0263. The van der Waals surface area contributed by atoms with E-state index in [0.29, 0.717) is 13.0 Å². The Morgan fingerprint density at radius 3 is 2.21 bits per heavy atom. The molecule has 0 aliphatic rings. The van der Waals surface area contributed by atoms with Gasteiger partial charge in [-0.05, 0) is 11.8 Å². The summed E-state index contributed by atoms with van der Waals surface area (Å²) < 4.78 is 0. The van der Waals surface area contributed by atoms with Gasteiger partial charge in [0.1, 0.15) is 0 Å². The molecule has 3 heteroatoms. The Morgan fingerprint density at radius 2 is 1.86 bits per heavy atom. The molecule has 1 N–H and O–H groups in total. The summed E-state index contributed by atoms with van der Waals surface area (Å²) in [6.07, 6.45) is 1.49. The zero-order valence-corrected chi connectivity index (χ0v) is 9.84. The van der Waals surface area contributed by atoms with Gasteiger partial charge in [0, 0.05) is 19.5 Å². The Hall–Kier alpha value is -0.570. The maximum Gasteiger partial charge on any atom is 0.223 e. The quantitative estimate of drug-likeness (QED) is 0.735. The molecule has 0 saturated carbocycles. The molecule has 0 aromatic rings. The van der Waals surface area contributed by atoms with E-state index in [-0.39, 0.29) is 17.9 Å². The highest BCUT2D eigenvalue weighted by Crippen LogP contribution is 2.19. The van der Waals surface area contributed by atoms with Crippen LogP contribution < -0.4 is 0 Å². The van der Waals surface area contributed by atoms with Gasteiger partial charge in [-0.2, -0.15) is 0 Å². The molecule has 1 amide bonds. The van der Waals surface area contributed by atoms with Crippen LogP contribution in [0.4, 0.5) is 0 Å². The molecule has 0 fully saturated rings. The summed E-state index contributed by atoms with van der Waals surface area (Å²) >= 11 is 0. The molecule has 0 rings (SSSR count). The molecule has 0 aliphatic carbocycles. The highest BCUT2D eigenvalue weighted by atomic mass is 16.3. The van der Waals surface area contributed by atoms with Crippen molar-refractivity contribution in [1.29, 1.82) is 0 Å². The van der Waals surface area contributed by atoms with E-state index in [1.165, 1.54) is 0 Å². The van der Waals surface area contributed by atoms with Crippen LogP contribution in [-0.2, 0) is 4.79 Å². The lowest BCUT2D eigenvalue weighted by Crippen LogP contribution is -2.36. The van der Waals surface area contributed by atoms with Crippen molar-refractivity contribution >= 4 is 5.91 Å². The Kier molecular flexibility index (Phi) is 5.77. The highest BCUT2D eigenvalue weighted by molar-refractivity contribution is 5.76. The fraction of sp³-hybridized carbons (Fsp3) is 0.909. The number of amides is 1. The maximum absolute atomic E-state index is 11.8. The summed E-state index contributed by atoms with van der Waals surface area (Å²) in [5, 5.41) is 8.82. The van der Waals surface area contributed by atoms with Crippen molar-refractivity contribution in [3.8, 4) is 0 Å². The predicted molar refractivity (Wildman–Crippen MR) is 58.0 cm³/mol. The number of nitrogens with zero attached hydrogens (tertiary/aromatic N) is 1. The normalized spacial score (nSPS) is 11.5. The number of hydrogen-bond donors (Lipinski definition) is 1. The Bertz CT molecular complexity index is 167. The van der Waals surface area contributed by atoms with Crippen molar-refractivity contribution in [1.82, 2.24) is 4.90 Å². The largest absolute Gasteiger partial charge is 0.395 e. The summed E-state index contributed by atoms with van der Waals surface area (Å²) in [6.45, 7) is 9.44. The minimum absolute atomic E-state index is 0.0263. The van der Waals surface area contributed by atoms with Gasteiger partial charge in [-0.3, -0.25) is 4.79 Å². The average Bonchev–Trinajstić information content (AvgIpc) is 2.01. The predicted octanol–water partition coefficient (Wildman–Crippen LogP) is 1.65. The van der Waals surface area contributed by atoms with Crippen molar-refractivity contribution in [2.24, 2.45) is 5.41 Å². The third-order valence-corrected chi connectivity index (χ3v) is 1.90. The summed E-state index contributed by atoms with van der Waals surface area (Å²) in [4.78, 5) is 13.5. The van der Waals surface area contributed by atoms with Gasteiger partial charge in [-0.1, -0.05) is 27.7 Å². The Balaban J connectivity index is 4.14. The first-order valence-electron chi connectivity index (χ1n) is 5.29. The van der Waals surface area contributed by atoms with Crippen LogP contribution in [0, 0.1) is 5.41 Å². The molecule has 0 atom stereocenters. The lowest BCUT2D eigenvalue weighted by Gasteiger charge is -2.25. The van der Waals surface area contributed by atoms with E-state index in [1.807, 2.05) is 27.7 Å². The second kappa shape index (κ2) is 6.02. The van der Waals surface area contributed by atoms with Gasteiger partial charge in [0.2, 0.25) is 5.91 Å². The van der Waals surface area contributed by atoms with Crippen molar-refractivity contribution < 1.29 is 9.90 Å². The molecule has 0 aromatic carbocycles. The molecular weight excluding hydrogens is 178 g/mol. The SMILES string of the molecule is CCCN(CCO)C(=O)CC(C)(C)C. The van der Waals surface area contributed by atoms with Crippen molar-refractivity contribution in [2.75, 3.05) is 19.7 Å². The van der Waals surface area contributed by atoms with E-state index in [2.05, 4.69) is 0 Å². The number of aliphatic hydroxyl groups is 1. The van der Waals surface area contributed by atoms with Crippen LogP contribution in [0.3, 0.4) is 0 Å². The van der Waals surface area contributed by atoms with E-state index in [0.717, 1.165) is 13.0 Å². The van der Waals surface area contributed by atoms with E-state index in [9.17, 15) is 4.79 Å². The third-order valence-electron chi connectivity index (χ3n) is 1.90. The Labute approximate surface area is 87.1 Å². The standard InChI is InChI=1S/C11H23NO2/c1-5-6-12(7-8-13)10(14)9-11(2,3)4/h13H,5-9H2,1-4H3. The molecular formula is C11H23NO2. The van der Waals surface area contributed by atoms with Crippen LogP contribution in [-0.4, -0.2) is 35.6 Å². The van der Waals surface area contributed by atoms with E-state index in [1.54, 1.807) is 4.90 Å². The van der Waals surface area contributed by atoms with Gasteiger partial charge < -0.3 is 10.0 Å². The summed E-state index contributed by atoms with van der Waals surface area (Å²) in [5.74, 6) is 0.147. The second-order valence-corrected chi connectivity index (χ2v) is 4.84. The molecule has 84 valence electrons. The van der Waals surface area contributed by atoms with Crippen molar-refractivity contribution in [3.63, 3.8) is 0 Å². The number of carbonyl (C=O) groups excluding carboxylic acids is 1. The molecule has 14 heavy (non-hydrogen) atoms. The molecule has 0 heterocycles. The second-order valence-electron chi connectivity index (χ2n) is 4.84. The first kappa shape index (κ1) is 13.4. The van der Waals surface area contributed by atoms with E-state index in [4.69, 9.17) is 5.11 Å². The third kappa shape index (κ3) is 5.97. The number of carbonyl (C=O) groups is 1. The fourth-order valence-corrected chi connectivity index (χ4v) is 1.32. The molecule has 0 spiro atoms. The molecule has 0 unspecified atom stereocenters. The summed E-state index contributed by atoms with van der Waals surface area (Å²) in [6, 6.07) is 0. The first-order valence-corrected chi connectivity index (χ1v) is 5.29. The molecule has 0 aromatic heterocycles. The maximum atomic E-state index is 11.8. The van der Waals surface area contributed by atoms with E-state index >= 15 is 0 Å². The first-order chi connectivity index (χ1) is 6.40. The van der Waals surface area contributed by atoms with Crippen LogP contribution in [0.25, 0.3) is 0 Å². The molecule has 0 bridgehead atoms. The minimum Gasteiger partial charge on any atom is -0.395 e. The fourth-order valence-electron chi connectivity index (χ4n) is 1.32. The average molecular weight is 201 g/mol. The lowest BCUT2D eigenvalue weighted by atomic mass is 9.91. The van der Waals surface area contributed by atoms with Crippen LogP contribution in [0.2, 0.25) is 0 Å². The van der Waals surface area contributed by atoms with Crippen LogP contribution >= 0.6 is 0 Å². The zero-order valence-electron chi connectivity index (χ0n) is 9.84.